The summed E-state index contributed by atoms with van der Waals surface area (Å²) in [5, 5.41) is 0. The molecular formula is C11H17NS. The second kappa shape index (κ2) is 6.72. The number of aliphatic imine (C=N–C) groups is 1. The standard InChI is InChI=1S/C9H11NS.C2H6/c1-3-7-5-4-6-8(11)9(7)10-2;1-2/h4-6,11H,2-3H2,1H3;1-2H3. The zero-order valence-electron chi connectivity index (χ0n) is 8.54. The fraction of sp³-hybridized carbons (Fsp3) is 0.364. The molecule has 0 radical (unpaired) electrons. The molecule has 1 rings (SSSR count). The summed E-state index contributed by atoms with van der Waals surface area (Å²) in [6.45, 7) is 9.60. The molecule has 0 unspecified atom stereocenters. The van der Waals surface area contributed by atoms with Crippen LogP contribution in [-0.4, -0.2) is 6.72 Å². The molecule has 1 nitrogen and oxygen atoms in total. The second-order valence-corrected chi connectivity index (χ2v) is 2.78. The molecular weight excluding hydrogens is 178 g/mol. The van der Waals surface area contributed by atoms with Gasteiger partial charge in [-0.1, -0.05) is 32.9 Å². The molecule has 72 valence electrons. The first-order chi connectivity index (χ1) is 6.29. The Morgan fingerprint density at radius 1 is 1.38 bits per heavy atom. The molecule has 2 heteroatoms. The lowest BCUT2D eigenvalue weighted by Gasteiger charge is -2.03. The van der Waals surface area contributed by atoms with Crippen LogP contribution in [0.1, 0.15) is 26.3 Å². The Morgan fingerprint density at radius 2 is 2.00 bits per heavy atom. The van der Waals surface area contributed by atoms with Crippen molar-refractivity contribution in [3.05, 3.63) is 23.8 Å². The predicted molar refractivity (Wildman–Crippen MR) is 63.6 cm³/mol. The van der Waals surface area contributed by atoms with Gasteiger partial charge in [0.25, 0.3) is 0 Å². The van der Waals surface area contributed by atoms with Crippen LogP contribution in [0.3, 0.4) is 0 Å². The molecule has 0 atom stereocenters. The Labute approximate surface area is 86.3 Å². The lowest BCUT2D eigenvalue weighted by molar-refractivity contribution is 1.12. The molecule has 0 aliphatic carbocycles. The van der Waals surface area contributed by atoms with Crippen molar-refractivity contribution < 1.29 is 0 Å². The molecule has 0 aromatic heterocycles. The maximum absolute atomic E-state index is 4.27. The summed E-state index contributed by atoms with van der Waals surface area (Å²) in [6, 6.07) is 5.95. The predicted octanol–water partition coefficient (Wildman–Crippen LogP) is 3.90. The minimum Gasteiger partial charge on any atom is -0.263 e. The molecule has 0 saturated carbocycles. The summed E-state index contributed by atoms with van der Waals surface area (Å²) in [4.78, 5) is 4.82. The molecule has 1 aromatic rings. The van der Waals surface area contributed by atoms with Gasteiger partial charge >= 0.3 is 0 Å². The number of nitrogens with zero attached hydrogens (tertiary/aromatic N) is 1. The van der Waals surface area contributed by atoms with E-state index in [1.165, 1.54) is 5.56 Å². The zero-order chi connectivity index (χ0) is 10.3. The van der Waals surface area contributed by atoms with E-state index in [-0.39, 0.29) is 0 Å². The van der Waals surface area contributed by atoms with E-state index < -0.39 is 0 Å². The second-order valence-electron chi connectivity index (χ2n) is 2.30. The van der Waals surface area contributed by atoms with Crippen LogP contribution in [0.2, 0.25) is 0 Å². The summed E-state index contributed by atoms with van der Waals surface area (Å²) in [7, 11) is 0. The van der Waals surface area contributed by atoms with E-state index >= 15 is 0 Å². The van der Waals surface area contributed by atoms with E-state index in [1.807, 2.05) is 32.0 Å². The van der Waals surface area contributed by atoms with Crippen LogP contribution in [0.4, 0.5) is 5.69 Å². The van der Waals surface area contributed by atoms with E-state index in [1.54, 1.807) is 0 Å². The third kappa shape index (κ3) is 3.23. The van der Waals surface area contributed by atoms with Crippen molar-refractivity contribution in [2.45, 2.75) is 32.1 Å². The monoisotopic (exact) mass is 195 g/mol. The first-order valence-electron chi connectivity index (χ1n) is 4.57. The van der Waals surface area contributed by atoms with Crippen molar-refractivity contribution in [1.29, 1.82) is 0 Å². The summed E-state index contributed by atoms with van der Waals surface area (Å²) < 4.78 is 0. The largest absolute Gasteiger partial charge is 0.263 e. The van der Waals surface area contributed by atoms with Gasteiger partial charge < -0.3 is 0 Å². The summed E-state index contributed by atoms with van der Waals surface area (Å²) in [5.41, 5.74) is 2.12. The van der Waals surface area contributed by atoms with E-state index in [9.17, 15) is 0 Å². The van der Waals surface area contributed by atoms with Gasteiger partial charge in [-0.05, 0) is 24.8 Å². The Balaban J connectivity index is 0.000000671. The van der Waals surface area contributed by atoms with Gasteiger partial charge in [-0.25, -0.2) is 0 Å². The number of hydrogen-bond acceptors (Lipinski definition) is 2. The van der Waals surface area contributed by atoms with Crippen molar-refractivity contribution in [3.63, 3.8) is 0 Å². The van der Waals surface area contributed by atoms with Gasteiger partial charge in [0.2, 0.25) is 0 Å². The summed E-state index contributed by atoms with van der Waals surface area (Å²) in [6.07, 6.45) is 0.975. The fourth-order valence-electron chi connectivity index (χ4n) is 1.05. The molecule has 1 aromatic carbocycles. The minimum atomic E-state index is 0.902. The summed E-state index contributed by atoms with van der Waals surface area (Å²) >= 11 is 4.27. The molecule has 0 aliphatic rings. The van der Waals surface area contributed by atoms with E-state index in [4.69, 9.17) is 0 Å². The van der Waals surface area contributed by atoms with Gasteiger partial charge in [0.1, 0.15) is 0 Å². The topological polar surface area (TPSA) is 12.4 Å². The van der Waals surface area contributed by atoms with Crippen LogP contribution in [-0.2, 0) is 6.42 Å². The lowest BCUT2D eigenvalue weighted by Crippen LogP contribution is -1.81. The smallest absolute Gasteiger partial charge is 0.0787 e. The Hall–Kier alpha value is -0.760. The Kier molecular flexibility index (Phi) is 6.33. The lowest BCUT2D eigenvalue weighted by atomic mass is 10.1. The SMILES string of the molecule is C=Nc1c(S)cccc1CC.CC. The van der Waals surface area contributed by atoms with Crippen LogP contribution in [0, 0.1) is 0 Å². The van der Waals surface area contributed by atoms with Gasteiger partial charge in [-0.2, -0.15) is 0 Å². The number of aryl methyl sites for hydroxylation is 1. The van der Waals surface area contributed by atoms with Gasteiger partial charge in [-0.3, -0.25) is 4.99 Å². The zero-order valence-corrected chi connectivity index (χ0v) is 9.44. The van der Waals surface area contributed by atoms with Crippen LogP contribution >= 0.6 is 12.6 Å². The molecule has 0 N–H and O–H groups in total. The van der Waals surface area contributed by atoms with Crippen molar-refractivity contribution in [2.24, 2.45) is 4.99 Å². The van der Waals surface area contributed by atoms with Gasteiger partial charge in [0.15, 0.2) is 0 Å². The van der Waals surface area contributed by atoms with Crippen molar-refractivity contribution in [1.82, 2.24) is 0 Å². The van der Waals surface area contributed by atoms with Crippen molar-refractivity contribution in [3.8, 4) is 0 Å². The van der Waals surface area contributed by atoms with Crippen LogP contribution in [0.25, 0.3) is 0 Å². The van der Waals surface area contributed by atoms with Gasteiger partial charge in [0, 0.05) is 4.90 Å². The van der Waals surface area contributed by atoms with Crippen molar-refractivity contribution >= 4 is 25.0 Å². The van der Waals surface area contributed by atoms with E-state index in [0.717, 1.165) is 17.0 Å². The van der Waals surface area contributed by atoms with Crippen LogP contribution in [0.15, 0.2) is 28.1 Å². The average Bonchev–Trinajstić information content (AvgIpc) is 2.20. The summed E-state index contributed by atoms with van der Waals surface area (Å²) in [5.74, 6) is 0. The number of benzene rings is 1. The third-order valence-electron chi connectivity index (χ3n) is 1.64. The Morgan fingerprint density at radius 3 is 2.38 bits per heavy atom. The number of thiol groups is 1. The first kappa shape index (κ1) is 12.2. The fourth-order valence-corrected chi connectivity index (χ4v) is 1.35. The molecule has 0 bridgehead atoms. The highest BCUT2D eigenvalue weighted by atomic mass is 32.1. The molecule has 0 aliphatic heterocycles. The van der Waals surface area contributed by atoms with E-state index in [0.29, 0.717) is 0 Å². The maximum Gasteiger partial charge on any atom is 0.0787 e. The quantitative estimate of drug-likeness (QED) is 0.543. The van der Waals surface area contributed by atoms with E-state index in [2.05, 4.69) is 31.3 Å². The molecule has 0 saturated heterocycles. The van der Waals surface area contributed by atoms with Crippen LogP contribution < -0.4 is 0 Å². The third-order valence-corrected chi connectivity index (χ3v) is 2.00. The maximum atomic E-state index is 4.27. The molecule has 0 heterocycles. The highest BCUT2D eigenvalue weighted by Crippen LogP contribution is 2.26. The molecule has 0 amide bonds. The average molecular weight is 195 g/mol. The van der Waals surface area contributed by atoms with Gasteiger partial charge in [0.05, 0.1) is 5.69 Å². The number of hydrogen-bond donors (Lipinski definition) is 1. The highest BCUT2D eigenvalue weighted by Gasteiger charge is 2.00. The highest BCUT2D eigenvalue weighted by molar-refractivity contribution is 7.80. The molecule has 0 fully saturated rings. The first-order valence-corrected chi connectivity index (χ1v) is 5.02. The number of para-hydroxylation sites is 1. The molecule has 0 spiro atoms. The van der Waals surface area contributed by atoms with Crippen molar-refractivity contribution in [2.75, 3.05) is 0 Å². The number of rotatable bonds is 2. The normalized spacial score (nSPS) is 8.62. The minimum absolute atomic E-state index is 0.902. The Bertz CT molecular complexity index is 269. The van der Waals surface area contributed by atoms with Gasteiger partial charge in [-0.15, -0.1) is 12.6 Å². The molecule has 13 heavy (non-hydrogen) atoms. The van der Waals surface area contributed by atoms with Crippen LogP contribution in [0.5, 0.6) is 0 Å².